The van der Waals surface area contributed by atoms with Crippen LogP contribution in [0.3, 0.4) is 0 Å². The third kappa shape index (κ3) is 3.18. The predicted octanol–water partition coefficient (Wildman–Crippen LogP) is 0.559. The van der Waals surface area contributed by atoms with Gasteiger partial charge in [-0.15, -0.1) is 0 Å². The fraction of sp³-hybridized carbons (Fsp3) is 0.556. The topological polar surface area (TPSA) is 84.0 Å². The minimum atomic E-state index is -3.38. The van der Waals surface area contributed by atoms with Crippen LogP contribution in [-0.4, -0.2) is 74.3 Å². The van der Waals surface area contributed by atoms with Crippen LogP contribution in [-0.2, 0) is 19.4 Å². The fourth-order valence-corrected chi connectivity index (χ4v) is 6.05. The predicted molar refractivity (Wildman–Crippen MR) is 96.5 cm³/mol. The van der Waals surface area contributed by atoms with Gasteiger partial charge in [0.05, 0.1) is 24.7 Å². The molecule has 0 aromatic heterocycles. The van der Waals surface area contributed by atoms with E-state index in [4.69, 9.17) is 4.74 Å². The summed E-state index contributed by atoms with van der Waals surface area (Å²) < 4.78 is 29.5. The van der Waals surface area contributed by atoms with Gasteiger partial charge >= 0.3 is 0 Å². The second-order valence-corrected chi connectivity index (χ2v) is 9.57. The SMILES string of the molecule is CN(C)C(=O)C1CCS(=O)(=O)C12CN(C(=O)CCOc1ccccc1)C2. The van der Waals surface area contributed by atoms with Crippen molar-refractivity contribution in [3.63, 3.8) is 0 Å². The van der Waals surface area contributed by atoms with Gasteiger partial charge in [0, 0.05) is 27.2 Å². The lowest BCUT2D eigenvalue weighted by Crippen LogP contribution is -2.70. The molecule has 2 aliphatic heterocycles. The van der Waals surface area contributed by atoms with Gasteiger partial charge in [0.1, 0.15) is 10.5 Å². The molecule has 2 amide bonds. The van der Waals surface area contributed by atoms with Gasteiger partial charge in [0.2, 0.25) is 11.8 Å². The van der Waals surface area contributed by atoms with Gasteiger partial charge in [-0.1, -0.05) is 18.2 Å². The molecule has 0 radical (unpaired) electrons. The molecule has 1 unspecified atom stereocenters. The fourth-order valence-electron chi connectivity index (χ4n) is 3.74. The van der Waals surface area contributed by atoms with Gasteiger partial charge in [-0.25, -0.2) is 8.42 Å². The molecular weight excluding hydrogens is 356 g/mol. The molecule has 7 nitrogen and oxygen atoms in total. The van der Waals surface area contributed by atoms with E-state index in [1.54, 1.807) is 14.1 Å². The number of rotatable bonds is 5. The summed E-state index contributed by atoms with van der Waals surface area (Å²) in [6, 6.07) is 9.20. The zero-order valence-electron chi connectivity index (χ0n) is 15.1. The van der Waals surface area contributed by atoms with Crippen molar-refractivity contribution in [3.05, 3.63) is 30.3 Å². The summed E-state index contributed by atoms with van der Waals surface area (Å²) in [6.45, 7) is 0.437. The Morgan fingerprint density at radius 1 is 1.23 bits per heavy atom. The highest BCUT2D eigenvalue weighted by molar-refractivity contribution is 7.93. The standard InChI is InChI=1S/C18H24N2O5S/c1-19(2)17(22)15-9-11-26(23,24)18(15)12-20(13-18)16(21)8-10-25-14-6-4-3-5-7-14/h3-7,15H,8-13H2,1-2H3. The van der Waals surface area contributed by atoms with Crippen molar-refractivity contribution >= 4 is 21.7 Å². The second-order valence-electron chi connectivity index (χ2n) is 7.12. The van der Waals surface area contributed by atoms with Crippen LogP contribution in [0.5, 0.6) is 5.75 Å². The Morgan fingerprint density at radius 2 is 1.88 bits per heavy atom. The minimum absolute atomic E-state index is 0.0103. The van der Waals surface area contributed by atoms with Gasteiger partial charge in [-0.2, -0.15) is 0 Å². The molecule has 0 aliphatic carbocycles. The molecule has 2 aliphatic rings. The number of sulfone groups is 1. The molecule has 1 spiro atoms. The molecule has 3 rings (SSSR count). The first kappa shape index (κ1) is 18.7. The van der Waals surface area contributed by atoms with E-state index in [1.165, 1.54) is 9.80 Å². The van der Waals surface area contributed by atoms with Crippen molar-refractivity contribution in [2.45, 2.75) is 17.6 Å². The average molecular weight is 380 g/mol. The summed E-state index contributed by atoms with van der Waals surface area (Å²) in [5, 5.41) is 0. The second kappa shape index (κ2) is 6.90. The Balaban J connectivity index is 1.58. The lowest BCUT2D eigenvalue weighted by atomic mass is 9.82. The molecule has 2 fully saturated rings. The Hall–Kier alpha value is -2.09. The van der Waals surface area contributed by atoms with E-state index in [0.29, 0.717) is 12.2 Å². The Labute approximate surface area is 153 Å². The summed E-state index contributed by atoms with van der Waals surface area (Å²) in [5.74, 6) is -0.186. The molecule has 0 saturated carbocycles. The van der Waals surface area contributed by atoms with Gasteiger partial charge in [0.15, 0.2) is 9.84 Å². The Kier molecular flexibility index (Phi) is 4.96. The van der Waals surface area contributed by atoms with E-state index in [9.17, 15) is 18.0 Å². The van der Waals surface area contributed by atoms with Crippen molar-refractivity contribution in [2.75, 3.05) is 39.5 Å². The van der Waals surface area contributed by atoms with E-state index in [1.807, 2.05) is 30.3 Å². The molecule has 26 heavy (non-hydrogen) atoms. The summed E-state index contributed by atoms with van der Waals surface area (Å²) in [7, 11) is -0.123. The molecule has 8 heteroatoms. The lowest BCUT2D eigenvalue weighted by molar-refractivity contribution is -0.143. The molecular formula is C18H24N2O5S. The first-order valence-corrected chi connectivity index (χ1v) is 10.3. The van der Waals surface area contributed by atoms with Gasteiger partial charge in [0.25, 0.3) is 0 Å². The normalized spacial score (nSPS) is 22.7. The van der Waals surface area contributed by atoms with Gasteiger partial charge in [-0.05, 0) is 18.6 Å². The zero-order chi connectivity index (χ0) is 18.9. The highest BCUT2D eigenvalue weighted by atomic mass is 32.2. The van der Waals surface area contributed by atoms with Crippen LogP contribution in [0.2, 0.25) is 0 Å². The van der Waals surface area contributed by atoms with E-state index < -0.39 is 20.5 Å². The molecule has 0 bridgehead atoms. The van der Waals surface area contributed by atoms with Crippen LogP contribution in [0, 0.1) is 5.92 Å². The number of carbonyl (C=O) groups excluding carboxylic acids is 2. The molecule has 1 atom stereocenters. The van der Waals surface area contributed by atoms with Crippen molar-refractivity contribution in [1.29, 1.82) is 0 Å². The summed E-state index contributed by atoms with van der Waals surface area (Å²) in [5.41, 5.74) is 0. The molecule has 2 saturated heterocycles. The van der Waals surface area contributed by atoms with Crippen molar-refractivity contribution in [3.8, 4) is 5.75 Å². The van der Waals surface area contributed by atoms with Crippen LogP contribution in [0.15, 0.2) is 30.3 Å². The highest BCUT2D eigenvalue weighted by Gasteiger charge is 2.64. The summed E-state index contributed by atoms with van der Waals surface area (Å²) >= 11 is 0. The zero-order valence-corrected chi connectivity index (χ0v) is 15.9. The Bertz CT molecular complexity index is 785. The first-order valence-electron chi connectivity index (χ1n) is 8.66. The average Bonchev–Trinajstić information content (AvgIpc) is 2.84. The van der Waals surface area contributed by atoms with E-state index in [0.717, 1.165) is 0 Å². The van der Waals surface area contributed by atoms with Crippen LogP contribution in [0.25, 0.3) is 0 Å². The third-order valence-corrected chi connectivity index (χ3v) is 7.82. The number of amides is 2. The number of benzene rings is 1. The number of hydrogen-bond acceptors (Lipinski definition) is 5. The molecule has 2 heterocycles. The van der Waals surface area contributed by atoms with Crippen LogP contribution >= 0.6 is 0 Å². The quantitative estimate of drug-likeness (QED) is 0.745. The number of carbonyl (C=O) groups is 2. The first-order chi connectivity index (χ1) is 12.3. The number of likely N-dealkylation sites (tertiary alicyclic amines) is 1. The van der Waals surface area contributed by atoms with Crippen LogP contribution < -0.4 is 4.74 Å². The van der Waals surface area contributed by atoms with E-state index in [2.05, 4.69) is 0 Å². The largest absolute Gasteiger partial charge is 0.493 e. The maximum Gasteiger partial charge on any atom is 0.226 e. The Morgan fingerprint density at radius 3 is 2.50 bits per heavy atom. The highest BCUT2D eigenvalue weighted by Crippen LogP contribution is 2.45. The number of ether oxygens (including phenoxy) is 1. The third-order valence-electron chi connectivity index (χ3n) is 5.27. The molecule has 1 aromatic rings. The maximum absolute atomic E-state index is 12.5. The van der Waals surface area contributed by atoms with Crippen molar-refractivity contribution in [1.82, 2.24) is 9.80 Å². The monoisotopic (exact) mass is 380 g/mol. The van der Waals surface area contributed by atoms with Crippen LogP contribution in [0.4, 0.5) is 0 Å². The smallest absolute Gasteiger partial charge is 0.226 e. The minimum Gasteiger partial charge on any atom is -0.493 e. The van der Waals surface area contributed by atoms with E-state index in [-0.39, 0.29) is 43.7 Å². The van der Waals surface area contributed by atoms with Crippen molar-refractivity contribution in [2.24, 2.45) is 5.92 Å². The lowest BCUT2D eigenvalue weighted by Gasteiger charge is -2.49. The number of para-hydroxylation sites is 1. The van der Waals surface area contributed by atoms with Gasteiger partial charge in [-0.3, -0.25) is 9.59 Å². The van der Waals surface area contributed by atoms with Crippen molar-refractivity contribution < 1.29 is 22.7 Å². The van der Waals surface area contributed by atoms with Crippen LogP contribution in [0.1, 0.15) is 12.8 Å². The number of hydrogen-bond donors (Lipinski definition) is 0. The van der Waals surface area contributed by atoms with Gasteiger partial charge < -0.3 is 14.5 Å². The maximum atomic E-state index is 12.5. The summed E-state index contributed by atoms with van der Waals surface area (Å²) in [4.78, 5) is 27.7. The number of nitrogens with zero attached hydrogens (tertiary/aromatic N) is 2. The summed E-state index contributed by atoms with van der Waals surface area (Å²) in [6.07, 6.45) is 0.510. The molecule has 142 valence electrons. The molecule has 0 N–H and O–H groups in total. The molecule has 1 aromatic carbocycles. The van der Waals surface area contributed by atoms with E-state index >= 15 is 0 Å².